The van der Waals surface area contributed by atoms with Crippen molar-refractivity contribution >= 4 is 17.4 Å². The van der Waals surface area contributed by atoms with Crippen molar-refractivity contribution in [2.45, 2.75) is 38.5 Å². The number of hydrogen-bond acceptors (Lipinski definition) is 4. The number of aryl methyl sites for hydroxylation is 1. The number of anilines is 1. The summed E-state index contributed by atoms with van der Waals surface area (Å²) < 4.78 is 10.9. The second kappa shape index (κ2) is 7.83. The second-order valence-corrected chi connectivity index (χ2v) is 8.47. The van der Waals surface area contributed by atoms with Crippen molar-refractivity contribution in [3.05, 3.63) is 77.4 Å². The van der Waals surface area contributed by atoms with Crippen LogP contribution in [-0.2, 0) is 16.6 Å². The summed E-state index contributed by atoms with van der Waals surface area (Å²) in [5.74, 6) is 1.44. The minimum absolute atomic E-state index is 0.0101. The molecule has 1 saturated carbocycles. The molecule has 1 heterocycles. The minimum Gasteiger partial charge on any atom is -0.454 e. The summed E-state index contributed by atoms with van der Waals surface area (Å²) in [7, 11) is 0. The third-order valence-corrected chi connectivity index (χ3v) is 6.44. The van der Waals surface area contributed by atoms with Gasteiger partial charge in [-0.2, -0.15) is 0 Å². The number of rotatable bonds is 6. The van der Waals surface area contributed by atoms with E-state index in [1.54, 1.807) is 6.92 Å². The first-order valence-electron chi connectivity index (χ1n) is 11.0. The van der Waals surface area contributed by atoms with Gasteiger partial charge in [-0.05, 0) is 78.8 Å². The highest BCUT2D eigenvalue weighted by atomic mass is 16.7. The van der Waals surface area contributed by atoms with Crippen LogP contribution in [0.2, 0.25) is 0 Å². The summed E-state index contributed by atoms with van der Waals surface area (Å²) in [5.41, 5.74) is 5.03. The van der Waals surface area contributed by atoms with Gasteiger partial charge in [0, 0.05) is 11.3 Å². The fourth-order valence-corrected chi connectivity index (χ4v) is 4.35. The van der Waals surface area contributed by atoms with Crippen LogP contribution in [0.4, 0.5) is 5.69 Å². The van der Waals surface area contributed by atoms with Crippen molar-refractivity contribution in [3.63, 3.8) is 0 Å². The smallest absolute Gasteiger partial charge is 0.235 e. The van der Waals surface area contributed by atoms with E-state index in [0.717, 1.165) is 47.4 Å². The van der Waals surface area contributed by atoms with Crippen LogP contribution in [0.15, 0.2) is 60.7 Å². The second-order valence-electron chi connectivity index (χ2n) is 8.47. The normalized spacial score (nSPS) is 15.3. The van der Waals surface area contributed by atoms with Crippen molar-refractivity contribution in [1.82, 2.24) is 0 Å². The van der Waals surface area contributed by atoms with E-state index in [4.69, 9.17) is 9.47 Å². The van der Waals surface area contributed by atoms with Crippen molar-refractivity contribution < 1.29 is 19.1 Å². The molecule has 1 N–H and O–H groups in total. The lowest BCUT2D eigenvalue weighted by Crippen LogP contribution is -2.27. The molecule has 162 valence electrons. The Labute approximate surface area is 187 Å². The summed E-state index contributed by atoms with van der Waals surface area (Å²) in [6, 6.07) is 19.4. The van der Waals surface area contributed by atoms with Crippen molar-refractivity contribution in [1.29, 1.82) is 0 Å². The van der Waals surface area contributed by atoms with Gasteiger partial charge in [-0.1, -0.05) is 37.3 Å². The molecule has 0 bridgehead atoms. The predicted molar refractivity (Wildman–Crippen MR) is 123 cm³/mol. The van der Waals surface area contributed by atoms with Gasteiger partial charge in [0.05, 0.1) is 5.41 Å². The van der Waals surface area contributed by atoms with Gasteiger partial charge in [-0.15, -0.1) is 0 Å². The van der Waals surface area contributed by atoms with Crippen molar-refractivity contribution in [3.8, 4) is 22.6 Å². The number of Topliss-reactive ketones (excluding diaryl/α,β-unsaturated/α-hetero) is 1. The van der Waals surface area contributed by atoms with Crippen LogP contribution in [0.5, 0.6) is 11.5 Å². The highest BCUT2D eigenvalue weighted by molar-refractivity contribution is 6.02. The van der Waals surface area contributed by atoms with E-state index in [9.17, 15) is 9.59 Å². The molecule has 5 rings (SSSR count). The molecule has 3 aromatic rings. The Hall–Kier alpha value is -3.60. The average molecular weight is 428 g/mol. The number of carbonyl (C=O) groups excluding carboxylic acids is 2. The van der Waals surface area contributed by atoms with Gasteiger partial charge in [-0.3, -0.25) is 9.59 Å². The molecule has 5 heteroatoms. The molecule has 0 atom stereocenters. The van der Waals surface area contributed by atoms with Crippen LogP contribution in [0.1, 0.15) is 48.2 Å². The van der Waals surface area contributed by atoms with E-state index >= 15 is 0 Å². The van der Waals surface area contributed by atoms with Crippen LogP contribution in [0.3, 0.4) is 0 Å². The quantitative estimate of drug-likeness (QED) is 0.526. The number of nitrogens with one attached hydrogen (secondary N) is 1. The van der Waals surface area contributed by atoms with Gasteiger partial charge >= 0.3 is 0 Å². The van der Waals surface area contributed by atoms with Gasteiger partial charge in [0.25, 0.3) is 0 Å². The lowest BCUT2D eigenvalue weighted by Gasteiger charge is -2.18. The number of benzene rings is 3. The summed E-state index contributed by atoms with van der Waals surface area (Å²) in [6.07, 6.45) is 2.47. The largest absolute Gasteiger partial charge is 0.454 e. The number of ether oxygens (including phenoxy) is 2. The third kappa shape index (κ3) is 3.54. The summed E-state index contributed by atoms with van der Waals surface area (Å²) in [5, 5.41) is 3.13. The first-order valence-corrected chi connectivity index (χ1v) is 11.0. The summed E-state index contributed by atoms with van der Waals surface area (Å²) >= 11 is 0. The fraction of sp³-hybridized carbons (Fsp3) is 0.259. The first kappa shape index (κ1) is 20.3. The number of carbonyl (C=O) groups is 2. The molecule has 0 spiro atoms. The molecule has 2 aliphatic rings. The summed E-state index contributed by atoms with van der Waals surface area (Å²) in [6.45, 7) is 3.89. The molecule has 0 aromatic heterocycles. The van der Waals surface area contributed by atoms with E-state index in [-0.39, 0.29) is 18.5 Å². The Morgan fingerprint density at radius 2 is 1.78 bits per heavy atom. The maximum absolute atomic E-state index is 13.3. The lowest BCUT2D eigenvalue weighted by molar-refractivity contribution is -0.118. The number of amides is 1. The molecule has 5 nitrogen and oxygen atoms in total. The summed E-state index contributed by atoms with van der Waals surface area (Å²) in [4.78, 5) is 25.2. The van der Waals surface area contributed by atoms with Crippen LogP contribution in [0, 0.1) is 0 Å². The maximum Gasteiger partial charge on any atom is 0.235 e. The number of fused-ring (bicyclic) bond motifs is 1. The fourth-order valence-electron chi connectivity index (χ4n) is 4.35. The Morgan fingerprint density at radius 1 is 0.969 bits per heavy atom. The van der Waals surface area contributed by atoms with Gasteiger partial charge in [0.2, 0.25) is 12.7 Å². The van der Waals surface area contributed by atoms with Crippen LogP contribution in [0.25, 0.3) is 11.1 Å². The molecule has 1 amide bonds. The average Bonchev–Trinajstić information content (AvgIpc) is 3.50. The molecule has 32 heavy (non-hydrogen) atoms. The molecule has 1 aliphatic carbocycles. The topological polar surface area (TPSA) is 64.6 Å². The third-order valence-electron chi connectivity index (χ3n) is 6.44. The number of ketones is 1. The van der Waals surface area contributed by atoms with Crippen molar-refractivity contribution in [2.75, 3.05) is 12.1 Å². The Balaban J connectivity index is 1.43. The molecule has 3 aromatic carbocycles. The standard InChI is InChI=1S/C27H25NO4/c1-3-18-7-9-22(15-23(18)20-6-4-5-19(13-20)17(2)29)28-26(30)27(11-12-27)21-8-10-24-25(14-21)32-16-31-24/h4-10,13-15H,3,11-12,16H2,1-2H3,(H,28,30). The minimum atomic E-state index is -0.529. The van der Waals surface area contributed by atoms with E-state index in [2.05, 4.69) is 12.2 Å². The van der Waals surface area contributed by atoms with Crippen molar-refractivity contribution in [2.24, 2.45) is 0 Å². The molecule has 0 unspecified atom stereocenters. The zero-order valence-electron chi connectivity index (χ0n) is 18.2. The van der Waals surface area contributed by atoms with Gasteiger partial charge in [0.15, 0.2) is 17.3 Å². The lowest BCUT2D eigenvalue weighted by atomic mass is 9.93. The van der Waals surface area contributed by atoms with Crippen LogP contribution < -0.4 is 14.8 Å². The molecular formula is C27H25NO4. The number of hydrogen-bond donors (Lipinski definition) is 1. The SMILES string of the molecule is CCc1ccc(NC(=O)C2(c3ccc4c(c3)OCO4)CC2)cc1-c1cccc(C(C)=O)c1. The zero-order chi connectivity index (χ0) is 22.3. The van der Waals surface area contributed by atoms with E-state index < -0.39 is 5.41 Å². The Morgan fingerprint density at radius 3 is 2.53 bits per heavy atom. The maximum atomic E-state index is 13.3. The van der Waals surface area contributed by atoms with E-state index in [0.29, 0.717) is 11.3 Å². The van der Waals surface area contributed by atoms with Gasteiger partial charge < -0.3 is 14.8 Å². The molecular weight excluding hydrogens is 402 g/mol. The highest BCUT2D eigenvalue weighted by Crippen LogP contribution is 2.51. The molecule has 1 fully saturated rings. The van der Waals surface area contributed by atoms with Crippen LogP contribution >= 0.6 is 0 Å². The first-order chi connectivity index (χ1) is 15.5. The Kier molecular flexibility index (Phi) is 4.97. The van der Waals surface area contributed by atoms with E-state index in [1.165, 1.54) is 5.56 Å². The predicted octanol–water partition coefficient (Wildman–Crippen LogP) is 5.52. The molecule has 0 saturated heterocycles. The van der Waals surface area contributed by atoms with Gasteiger partial charge in [0.1, 0.15) is 0 Å². The van der Waals surface area contributed by atoms with E-state index in [1.807, 2.05) is 60.7 Å². The Bertz CT molecular complexity index is 1230. The van der Waals surface area contributed by atoms with Crippen LogP contribution in [-0.4, -0.2) is 18.5 Å². The molecule has 1 aliphatic heterocycles. The molecule has 0 radical (unpaired) electrons. The zero-order valence-corrected chi connectivity index (χ0v) is 18.2. The van der Waals surface area contributed by atoms with Gasteiger partial charge in [-0.25, -0.2) is 0 Å². The monoisotopic (exact) mass is 427 g/mol. The highest BCUT2D eigenvalue weighted by Gasteiger charge is 2.51.